The zero-order chi connectivity index (χ0) is 19.2. The fourth-order valence-electron chi connectivity index (χ4n) is 2.91. The summed E-state index contributed by atoms with van der Waals surface area (Å²) in [5.74, 6) is 0.102. The Morgan fingerprint density at radius 3 is 2.56 bits per heavy atom. The van der Waals surface area contributed by atoms with Crippen LogP contribution in [0.25, 0.3) is 0 Å². The number of rotatable bonds is 2. The Balaban J connectivity index is 2.42. The van der Waals surface area contributed by atoms with Crippen molar-refractivity contribution in [2.75, 3.05) is 7.11 Å². The average Bonchev–Trinajstić information content (AvgIpc) is 2.45. The number of amides is 1. The summed E-state index contributed by atoms with van der Waals surface area (Å²) in [6, 6.07) is -0.399. The molecule has 140 valence electrons. The molecule has 25 heavy (non-hydrogen) atoms. The standard InChI is InChI=1S/C17H25BrN2O5/c1-16(2,3)25-15(23)19-10-8-20-7-9(18)12(21)13(24-6)11(20)14(22)17(10,4)5/h7,10,14,22H,8H2,1-6H3,(H,19,23). The summed E-state index contributed by atoms with van der Waals surface area (Å²) in [6.45, 7) is 9.39. The normalized spacial score (nSPS) is 22.1. The number of pyridine rings is 1. The molecule has 0 spiro atoms. The summed E-state index contributed by atoms with van der Waals surface area (Å²) >= 11 is 3.22. The van der Waals surface area contributed by atoms with Crippen LogP contribution in [0, 0.1) is 5.41 Å². The SMILES string of the molecule is COc1c2n(cc(Br)c1=O)CC(NC(=O)OC(C)(C)C)C(C)(C)C2O. The first kappa shape index (κ1) is 19.8. The van der Waals surface area contributed by atoms with Gasteiger partial charge in [0.25, 0.3) is 0 Å². The fraction of sp³-hybridized carbons (Fsp3) is 0.647. The number of ether oxygens (including phenoxy) is 2. The highest BCUT2D eigenvalue weighted by Crippen LogP contribution is 2.43. The van der Waals surface area contributed by atoms with Crippen LogP contribution in [0.4, 0.5) is 4.79 Å². The highest BCUT2D eigenvalue weighted by molar-refractivity contribution is 9.10. The van der Waals surface area contributed by atoms with E-state index in [2.05, 4.69) is 21.2 Å². The second kappa shape index (κ2) is 6.64. The Kier molecular flexibility index (Phi) is 5.26. The van der Waals surface area contributed by atoms with Gasteiger partial charge in [0.1, 0.15) is 11.7 Å². The highest BCUT2D eigenvalue weighted by Gasteiger charge is 2.45. The lowest BCUT2D eigenvalue weighted by atomic mass is 9.74. The van der Waals surface area contributed by atoms with Crippen molar-refractivity contribution in [3.63, 3.8) is 0 Å². The van der Waals surface area contributed by atoms with Gasteiger partial charge in [0, 0.05) is 18.2 Å². The molecule has 2 unspecified atom stereocenters. The predicted octanol–water partition coefficient (Wildman–Crippen LogP) is 2.59. The highest BCUT2D eigenvalue weighted by atomic mass is 79.9. The van der Waals surface area contributed by atoms with Gasteiger partial charge in [-0.25, -0.2) is 4.79 Å². The molecule has 2 atom stereocenters. The van der Waals surface area contributed by atoms with Gasteiger partial charge in [0.05, 0.1) is 23.3 Å². The minimum absolute atomic E-state index is 0.102. The van der Waals surface area contributed by atoms with Gasteiger partial charge < -0.3 is 24.5 Å². The van der Waals surface area contributed by atoms with Crippen molar-refractivity contribution in [1.82, 2.24) is 9.88 Å². The van der Waals surface area contributed by atoms with E-state index in [0.29, 0.717) is 16.7 Å². The summed E-state index contributed by atoms with van der Waals surface area (Å²) in [7, 11) is 1.40. The summed E-state index contributed by atoms with van der Waals surface area (Å²) in [6.07, 6.45) is 0.0489. The van der Waals surface area contributed by atoms with Crippen molar-refractivity contribution >= 4 is 22.0 Å². The summed E-state index contributed by atoms with van der Waals surface area (Å²) in [5.41, 5.74) is -1.26. The van der Waals surface area contributed by atoms with Crippen molar-refractivity contribution in [2.24, 2.45) is 5.41 Å². The molecule has 0 saturated carbocycles. The number of methoxy groups -OCH3 is 1. The maximum absolute atomic E-state index is 12.3. The van der Waals surface area contributed by atoms with Gasteiger partial charge in [0.15, 0.2) is 5.75 Å². The molecule has 1 aliphatic heterocycles. The average molecular weight is 417 g/mol. The van der Waals surface area contributed by atoms with E-state index in [0.717, 1.165) is 0 Å². The molecule has 0 bridgehead atoms. The molecular formula is C17H25BrN2O5. The van der Waals surface area contributed by atoms with Crippen LogP contribution in [-0.2, 0) is 11.3 Å². The van der Waals surface area contributed by atoms with E-state index >= 15 is 0 Å². The maximum Gasteiger partial charge on any atom is 0.407 e. The monoisotopic (exact) mass is 416 g/mol. The number of aromatic nitrogens is 1. The largest absolute Gasteiger partial charge is 0.491 e. The molecule has 8 heteroatoms. The van der Waals surface area contributed by atoms with Crippen LogP contribution < -0.4 is 15.5 Å². The number of hydrogen-bond acceptors (Lipinski definition) is 5. The number of carbonyl (C=O) groups excluding carboxylic acids is 1. The van der Waals surface area contributed by atoms with E-state index in [4.69, 9.17) is 9.47 Å². The first-order valence-electron chi connectivity index (χ1n) is 8.03. The number of fused-ring (bicyclic) bond motifs is 1. The number of aliphatic hydroxyl groups is 1. The molecule has 7 nitrogen and oxygen atoms in total. The van der Waals surface area contributed by atoms with Gasteiger partial charge in [-0.15, -0.1) is 0 Å². The molecule has 2 heterocycles. The lowest BCUT2D eigenvalue weighted by Crippen LogP contribution is -2.54. The molecule has 1 aliphatic rings. The maximum atomic E-state index is 12.3. The predicted molar refractivity (Wildman–Crippen MR) is 96.9 cm³/mol. The van der Waals surface area contributed by atoms with Crippen molar-refractivity contribution in [3.8, 4) is 5.75 Å². The van der Waals surface area contributed by atoms with Crippen molar-refractivity contribution < 1.29 is 19.4 Å². The zero-order valence-electron chi connectivity index (χ0n) is 15.3. The molecule has 1 aromatic rings. The third-order valence-corrected chi connectivity index (χ3v) is 4.94. The van der Waals surface area contributed by atoms with Crippen molar-refractivity contribution in [1.29, 1.82) is 0 Å². The third-order valence-electron chi connectivity index (χ3n) is 4.37. The Morgan fingerprint density at radius 2 is 2.04 bits per heavy atom. The van der Waals surface area contributed by atoms with Gasteiger partial charge in [-0.05, 0) is 36.7 Å². The lowest BCUT2D eigenvalue weighted by Gasteiger charge is -2.44. The number of aliphatic hydroxyl groups excluding tert-OH is 1. The number of nitrogens with zero attached hydrogens (tertiary/aromatic N) is 1. The van der Waals surface area contributed by atoms with Gasteiger partial charge in [0.2, 0.25) is 5.43 Å². The summed E-state index contributed by atoms with van der Waals surface area (Å²) < 4.78 is 12.6. The number of nitrogens with one attached hydrogen (secondary N) is 1. The molecule has 0 radical (unpaired) electrons. The van der Waals surface area contributed by atoms with E-state index in [1.807, 2.05) is 13.8 Å². The van der Waals surface area contributed by atoms with E-state index in [1.165, 1.54) is 7.11 Å². The van der Waals surface area contributed by atoms with Crippen molar-refractivity contribution in [3.05, 3.63) is 26.6 Å². The molecule has 0 saturated heterocycles. The topological polar surface area (TPSA) is 89.8 Å². The Labute approximate surface area is 155 Å². The van der Waals surface area contributed by atoms with Crippen LogP contribution in [0.15, 0.2) is 15.5 Å². The second-order valence-electron chi connectivity index (χ2n) is 7.80. The van der Waals surface area contributed by atoms with Crippen LogP contribution in [0.3, 0.4) is 0 Å². The van der Waals surface area contributed by atoms with Gasteiger partial charge in [-0.2, -0.15) is 0 Å². The summed E-state index contributed by atoms with van der Waals surface area (Å²) in [4.78, 5) is 24.4. The fourth-order valence-corrected chi connectivity index (χ4v) is 3.33. The third kappa shape index (κ3) is 3.84. The molecule has 0 aromatic carbocycles. The molecule has 0 aliphatic carbocycles. The van der Waals surface area contributed by atoms with Gasteiger partial charge in [-0.1, -0.05) is 13.8 Å². The number of hydrogen-bond donors (Lipinski definition) is 2. The Hall–Kier alpha value is -1.54. The zero-order valence-corrected chi connectivity index (χ0v) is 16.9. The van der Waals surface area contributed by atoms with Crippen LogP contribution >= 0.6 is 15.9 Å². The van der Waals surface area contributed by atoms with Crippen LogP contribution in [-0.4, -0.2) is 34.5 Å². The van der Waals surface area contributed by atoms with Gasteiger partial charge >= 0.3 is 6.09 Å². The minimum atomic E-state index is -1.00. The number of alkyl carbamates (subject to hydrolysis) is 1. The molecule has 0 fully saturated rings. The minimum Gasteiger partial charge on any atom is -0.491 e. The van der Waals surface area contributed by atoms with E-state index in [-0.39, 0.29) is 11.2 Å². The van der Waals surface area contributed by atoms with Crippen LogP contribution in [0.2, 0.25) is 0 Å². The van der Waals surface area contributed by atoms with Gasteiger partial charge in [-0.3, -0.25) is 4.79 Å². The number of halogens is 1. The van der Waals surface area contributed by atoms with E-state index in [1.54, 1.807) is 31.5 Å². The lowest BCUT2D eigenvalue weighted by molar-refractivity contribution is -0.0167. The molecule has 2 N–H and O–H groups in total. The number of carbonyl (C=O) groups is 1. The molecule has 1 amide bonds. The molecular weight excluding hydrogens is 392 g/mol. The first-order chi connectivity index (χ1) is 11.4. The van der Waals surface area contributed by atoms with Crippen molar-refractivity contribution in [2.45, 2.75) is 58.9 Å². The first-order valence-corrected chi connectivity index (χ1v) is 8.82. The van der Waals surface area contributed by atoms with Crippen LogP contribution in [0.1, 0.15) is 46.4 Å². The quantitative estimate of drug-likeness (QED) is 0.772. The summed E-state index contributed by atoms with van der Waals surface area (Å²) in [5, 5.41) is 13.7. The van der Waals surface area contributed by atoms with E-state index in [9.17, 15) is 14.7 Å². The molecule has 1 aromatic heterocycles. The second-order valence-corrected chi connectivity index (χ2v) is 8.65. The van der Waals surface area contributed by atoms with E-state index < -0.39 is 29.3 Å². The smallest absolute Gasteiger partial charge is 0.407 e. The van der Waals surface area contributed by atoms with Crippen LogP contribution in [0.5, 0.6) is 5.75 Å². The Morgan fingerprint density at radius 1 is 1.44 bits per heavy atom. The molecule has 2 rings (SSSR count). The Bertz CT molecular complexity index is 736.